The average Bonchev–Trinajstić information content (AvgIpc) is 2.47. The zero-order chi connectivity index (χ0) is 14.4. The molecule has 2 rings (SSSR count). The lowest BCUT2D eigenvalue weighted by molar-refractivity contribution is 0.141. The first kappa shape index (κ1) is 15.0. The summed E-state index contributed by atoms with van der Waals surface area (Å²) < 4.78 is 0. The minimum atomic E-state index is 0.726. The Kier molecular flexibility index (Phi) is 5.58. The van der Waals surface area contributed by atoms with Crippen LogP contribution in [-0.4, -0.2) is 42.5 Å². The molecule has 0 bridgehead atoms. The third kappa shape index (κ3) is 4.06. The van der Waals surface area contributed by atoms with Crippen LogP contribution in [0.15, 0.2) is 24.3 Å². The minimum absolute atomic E-state index is 0.726. The maximum atomic E-state index is 9.12. The third-order valence-corrected chi connectivity index (χ3v) is 4.29. The van der Waals surface area contributed by atoms with Gasteiger partial charge in [-0.25, -0.2) is 0 Å². The lowest BCUT2D eigenvalue weighted by Crippen LogP contribution is -2.41. The van der Waals surface area contributed by atoms with Gasteiger partial charge in [0.2, 0.25) is 0 Å². The first-order chi connectivity index (χ1) is 9.70. The van der Waals surface area contributed by atoms with E-state index in [2.05, 4.69) is 35.9 Å². The number of likely N-dealkylation sites (tertiary alicyclic amines) is 1. The average molecular weight is 271 g/mol. The van der Waals surface area contributed by atoms with Gasteiger partial charge in [0.15, 0.2) is 0 Å². The number of rotatable bonds is 5. The van der Waals surface area contributed by atoms with Crippen molar-refractivity contribution in [3.63, 3.8) is 0 Å². The Hall–Kier alpha value is -1.37. The number of likely N-dealkylation sites (N-methyl/N-ethyl adjacent to an activating group) is 1. The Morgan fingerprint density at radius 3 is 2.90 bits per heavy atom. The van der Waals surface area contributed by atoms with Crippen molar-refractivity contribution >= 4 is 0 Å². The van der Waals surface area contributed by atoms with E-state index in [1.165, 1.54) is 25.8 Å². The predicted molar refractivity (Wildman–Crippen MR) is 82.4 cm³/mol. The van der Waals surface area contributed by atoms with Gasteiger partial charge in [0.05, 0.1) is 11.6 Å². The Morgan fingerprint density at radius 1 is 1.35 bits per heavy atom. The molecule has 1 aliphatic rings. The molecule has 1 atom stereocenters. The van der Waals surface area contributed by atoms with Crippen molar-refractivity contribution in [2.24, 2.45) is 0 Å². The fraction of sp³-hybridized carbons (Fsp3) is 0.588. The molecule has 1 saturated heterocycles. The second-order valence-corrected chi connectivity index (χ2v) is 5.89. The quantitative estimate of drug-likeness (QED) is 0.825. The highest BCUT2D eigenvalue weighted by Crippen LogP contribution is 2.16. The SMILES string of the molecule is C[C@H]1CCCCN1CCN(C)Cc1ccccc1C#N. The number of benzene rings is 1. The first-order valence-corrected chi connectivity index (χ1v) is 7.61. The van der Waals surface area contributed by atoms with Gasteiger partial charge in [-0.05, 0) is 45.0 Å². The van der Waals surface area contributed by atoms with Crippen molar-refractivity contribution < 1.29 is 0 Å². The minimum Gasteiger partial charge on any atom is -0.301 e. The highest BCUT2D eigenvalue weighted by atomic mass is 15.2. The Bertz CT molecular complexity index is 464. The number of nitrogens with zero attached hydrogens (tertiary/aromatic N) is 3. The zero-order valence-electron chi connectivity index (χ0n) is 12.7. The molecule has 0 amide bonds. The Labute approximate surface area is 122 Å². The van der Waals surface area contributed by atoms with Crippen LogP contribution in [0.3, 0.4) is 0 Å². The molecule has 3 nitrogen and oxygen atoms in total. The van der Waals surface area contributed by atoms with Gasteiger partial charge in [0.25, 0.3) is 0 Å². The standard InChI is InChI=1S/C17H25N3/c1-15-7-5-6-10-20(15)12-11-19(2)14-17-9-4-3-8-16(17)13-18/h3-4,8-9,15H,5-7,10-12,14H2,1-2H3/t15-/m0/s1. The summed E-state index contributed by atoms with van der Waals surface area (Å²) in [4.78, 5) is 4.91. The monoisotopic (exact) mass is 271 g/mol. The molecule has 0 aliphatic carbocycles. The molecule has 1 aromatic rings. The smallest absolute Gasteiger partial charge is 0.0995 e. The second kappa shape index (κ2) is 7.42. The van der Waals surface area contributed by atoms with E-state index in [-0.39, 0.29) is 0 Å². The molecule has 3 heteroatoms. The summed E-state index contributed by atoms with van der Waals surface area (Å²) in [5, 5.41) is 9.12. The highest BCUT2D eigenvalue weighted by molar-refractivity contribution is 5.37. The number of nitriles is 1. The molecule has 1 aromatic carbocycles. The molecule has 20 heavy (non-hydrogen) atoms. The van der Waals surface area contributed by atoms with Crippen molar-refractivity contribution in [1.82, 2.24) is 9.80 Å². The molecular formula is C17H25N3. The predicted octanol–water partition coefficient (Wildman–Crippen LogP) is 2.86. The normalized spacial score (nSPS) is 20.0. The lowest BCUT2D eigenvalue weighted by Gasteiger charge is -2.34. The molecule has 1 heterocycles. The molecule has 0 radical (unpaired) electrons. The van der Waals surface area contributed by atoms with Crippen LogP contribution in [0.4, 0.5) is 0 Å². The summed E-state index contributed by atoms with van der Waals surface area (Å²) in [6.45, 7) is 6.62. The molecule has 108 valence electrons. The summed E-state index contributed by atoms with van der Waals surface area (Å²) in [5.74, 6) is 0. The van der Waals surface area contributed by atoms with Gasteiger partial charge in [-0.3, -0.25) is 4.90 Å². The van der Waals surface area contributed by atoms with Crippen LogP contribution in [0.5, 0.6) is 0 Å². The number of hydrogen-bond acceptors (Lipinski definition) is 3. The lowest BCUT2D eigenvalue weighted by atomic mass is 10.0. The summed E-state index contributed by atoms with van der Waals surface area (Å²) in [6, 6.07) is 10.9. The Morgan fingerprint density at radius 2 is 2.15 bits per heavy atom. The molecule has 1 aliphatic heterocycles. The maximum Gasteiger partial charge on any atom is 0.0995 e. The van der Waals surface area contributed by atoms with Crippen molar-refractivity contribution in [3.8, 4) is 6.07 Å². The summed E-state index contributed by atoms with van der Waals surface area (Å²) >= 11 is 0. The van der Waals surface area contributed by atoms with Crippen LogP contribution in [0, 0.1) is 11.3 Å². The molecular weight excluding hydrogens is 246 g/mol. The van der Waals surface area contributed by atoms with Crippen LogP contribution < -0.4 is 0 Å². The molecule has 0 spiro atoms. The fourth-order valence-corrected chi connectivity index (χ4v) is 2.93. The van der Waals surface area contributed by atoms with E-state index in [0.29, 0.717) is 0 Å². The van der Waals surface area contributed by atoms with Crippen LogP contribution in [0.2, 0.25) is 0 Å². The number of piperidine rings is 1. The van der Waals surface area contributed by atoms with E-state index in [1.54, 1.807) is 0 Å². The van der Waals surface area contributed by atoms with E-state index in [9.17, 15) is 0 Å². The van der Waals surface area contributed by atoms with Gasteiger partial charge in [-0.15, -0.1) is 0 Å². The van der Waals surface area contributed by atoms with Gasteiger partial charge >= 0.3 is 0 Å². The van der Waals surface area contributed by atoms with Crippen LogP contribution in [0.25, 0.3) is 0 Å². The van der Waals surface area contributed by atoms with Crippen molar-refractivity contribution in [2.75, 3.05) is 26.7 Å². The highest BCUT2D eigenvalue weighted by Gasteiger charge is 2.18. The van der Waals surface area contributed by atoms with E-state index < -0.39 is 0 Å². The third-order valence-electron chi connectivity index (χ3n) is 4.29. The van der Waals surface area contributed by atoms with Crippen molar-refractivity contribution in [1.29, 1.82) is 5.26 Å². The van der Waals surface area contributed by atoms with Crippen LogP contribution in [-0.2, 0) is 6.54 Å². The Balaban J connectivity index is 1.83. The molecule has 0 unspecified atom stereocenters. The topological polar surface area (TPSA) is 30.3 Å². The van der Waals surface area contributed by atoms with Gasteiger partial charge in [-0.2, -0.15) is 5.26 Å². The maximum absolute atomic E-state index is 9.12. The summed E-state index contributed by atoms with van der Waals surface area (Å²) in [5.41, 5.74) is 1.93. The number of hydrogen-bond donors (Lipinski definition) is 0. The van der Waals surface area contributed by atoms with Gasteiger partial charge < -0.3 is 4.90 Å². The van der Waals surface area contributed by atoms with E-state index in [0.717, 1.165) is 36.8 Å². The van der Waals surface area contributed by atoms with Gasteiger partial charge in [0, 0.05) is 25.7 Å². The second-order valence-electron chi connectivity index (χ2n) is 5.89. The molecule has 0 aromatic heterocycles. The molecule has 0 saturated carbocycles. The largest absolute Gasteiger partial charge is 0.301 e. The molecule has 1 fully saturated rings. The zero-order valence-corrected chi connectivity index (χ0v) is 12.7. The molecule has 0 N–H and O–H groups in total. The van der Waals surface area contributed by atoms with Gasteiger partial charge in [-0.1, -0.05) is 24.6 Å². The first-order valence-electron chi connectivity index (χ1n) is 7.61. The summed E-state index contributed by atoms with van der Waals surface area (Å²) in [7, 11) is 2.14. The van der Waals surface area contributed by atoms with Crippen molar-refractivity contribution in [3.05, 3.63) is 35.4 Å². The van der Waals surface area contributed by atoms with Crippen molar-refractivity contribution in [2.45, 2.75) is 38.8 Å². The van der Waals surface area contributed by atoms with Crippen LogP contribution in [0.1, 0.15) is 37.3 Å². The van der Waals surface area contributed by atoms with E-state index >= 15 is 0 Å². The van der Waals surface area contributed by atoms with Gasteiger partial charge in [0.1, 0.15) is 0 Å². The van der Waals surface area contributed by atoms with E-state index in [1.807, 2.05) is 18.2 Å². The fourth-order valence-electron chi connectivity index (χ4n) is 2.93. The van der Waals surface area contributed by atoms with Crippen LogP contribution >= 0.6 is 0 Å². The van der Waals surface area contributed by atoms with E-state index in [4.69, 9.17) is 5.26 Å². The summed E-state index contributed by atoms with van der Waals surface area (Å²) in [6.07, 6.45) is 4.05.